The van der Waals surface area contributed by atoms with Crippen LogP contribution in [-0.4, -0.2) is 16.0 Å². The molecule has 0 unspecified atom stereocenters. The first-order valence-corrected chi connectivity index (χ1v) is 7.42. The molecule has 1 heterocycles. The summed E-state index contributed by atoms with van der Waals surface area (Å²) in [7, 11) is 0. The number of benzene rings is 1. The van der Waals surface area contributed by atoms with Gasteiger partial charge in [-0.05, 0) is 50.3 Å². The molecule has 1 aliphatic carbocycles. The van der Waals surface area contributed by atoms with Gasteiger partial charge in [0, 0.05) is 12.6 Å². The van der Waals surface area contributed by atoms with E-state index >= 15 is 0 Å². The molecule has 0 bridgehead atoms. The SMILES string of the molecule is Cc1ccc(C)c(Oc2cnc(CNC3CC3)cn2)c1C. The van der Waals surface area contributed by atoms with Crippen LogP contribution < -0.4 is 10.1 Å². The van der Waals surface area contributed by atoms with Crippen molar-refractivity contribution in [1.29, 1.82) is 0 Å². The van der Waals surface area contributed by atoms with E-state index in [4.69, 9.17) is 4.74 Å². The number of nitrogens with one attached hydrogen (secondary N) is 1. The van der Waals surface area contributed by atoms with Gasteiger partial charge in [0.2, 0.25) is 5.88 Å². The number of aromatic nitrogens is 2. The maximum Gasteiger partial charge on any atom is 0.237 e. The van der Waals surface area contributed by atoms with Crippen LogP contribution in [-0.2, 0) is 6.54 Å². The number of ether oxygens (including phenoxy) is 1. The Labute approximate surface area is 125 Å². The first-order valence-electron chi connectivity index (χ1n) is 7.42. The molecule has 0 aliphatic heterocycles. The molecule has 1 saturated carbocycles. The van der Waals surface area contributed by atoms with Crippen LogP contribution in [0.15, 0.2) is 24.5 Å². The molecule has 1 N–H and O–H groups in total. The Hall–Kier alpha value is -1.94. The summed E-state index contributed by atoms with van der Waals surface area (Å²) in [6.07, 6.45) is 6.04. The number of aryl methyl sites for hydroxylation is 2. The molecule has 0 saturated heterocycles. The zero-order chi connectivity index (χ0) is 14.8. The molecule has 1 aromatic carbocycles. The van der Waals surface area contributed by atoms with Crippen molar-refractivity contribution < 1.29 is 4.74 Å². The first kappa shape index (κ1) is 14.0. The molecular formula is C17H21N3O. The monoisotopic (exact) mass is 283 g/mol. The van der Waals surface area contributed by atoms with Crippen LogP contribution in [0.5, 0.6) is 11.6 Å². The van der Waals surface area contributed by atoms with Gasteiger partial charge in [-0.25, -0.2) is 4.98 Å². The van der Waals surface area contributed by atoms with Gasteiger partial charge >= 0.3 is 0 Å². The smallest absolute Gasteiger partial charge is 0.237 e. The highest BCUT2D eigenvalue weighted by atomic mass is 16.5. The molecule has 1 aliphatic rings. The summed E-state index contributed by atoms with van der Waals surface area (Å²) in [5.74, 6) is 1.43. The summed E-state index contributed by atoms with van der Waals surface area (Å²) in [6.45, 7) is 6.97. The largest absolute Gasteiger partial charge is 0.437 e. The van der Waals surface area contributed by atoms with Crippen molar-refractivity contribution in [3.8, 4) is 11.6 Å². The number of rotatable bonds is 5. The second kappa shape index (κ2) is 5.82. The fraction of sp³-hybridized carbons (Fsp3) is 0.412. The van der Waals surface area contributed by atoms with Crippen molar-refractivity contribution in [2.75, 3.05) is 0 Å². The standard InChI is InChI=1S/C17H21N3O/c1-11-4-5-12(2)17(13(11)3)21-16-10-19-15(9-20-16)8-18-14-6-7-14/h4-5,9-10,14,18H,6-8H2,1-3H3. The van der Waals surface area contributed by atoms with Crippen molar-refractivity contribution in [2.45, 2.75) is 46.2 Å². The Balaban J connectivity index is 1.71. The number of hydrogen-bond acceptors (Lipinski definition) is 4. The predicted octanol–water partition coefficient (Wildman–Crippen LogP) is 3.45. The second-order valence-electron chi connectivity index (χ2n) is 5.76. The molecule has 0 radical (unpaired) electrons. The molecule has 110 valence electrons. The van der Waals surface area contributed by atoms with Crippen LogP contribution in [0.25, 0.3) is 0 Å². The molecular weight excluding hydrogens is 262 g/mol. The van der Waals surface area contributed by atoms with Crippen molar-refractivity contribution >= 4 is 0 Å². The highest BCUT2D eigenvalue weighted by Gasteiger charge is 2.20. The molecule has 21 heavy (non-hydrogen) atoms. The van der Waals surface area contributed by atoms with Crippen molar-refractivity contribution in [1.82, 2.24) is 15.3 Å². The molecule has 1 aromatic heterocycles. The van der Waals surface area contributed by atoms with E-state index in [2.05, 4.69) is 41.3 Å². The van der Waals surface area contributed by atoms with Gasteiger partial charge in [-0.15, -0.1) is 0 Å². The second-order valence-corrected chi connectivity index (χ2v) is 5.76. The lowest BCUT2D eigenvalue weighted by Crippen LogP contribution is -2.16. The van der Waals surface area contributed by atoms with E-state index in [9.17, 15) is 0 Å². The van der Waals surface area contributed by atoms with E-state index in [0.29, 0.717) is 11.9 Å². The summed E-state index contributed by atoms with van der Waals surface area (Å²) in [5, 5.41) is 3.42. The van der Waals surface area contributed by atoms with Gasteiger partial charge in [0.25, 0.3) is 0 Å². The summed E-state index contributed by atoms with van der Waals surface area (Å²) < 4.78 is 5.92. The highest BCUT2D eigenvalue weighted by molar-refractivity contribution is 5.46. The van der Waals surface area contributed by atoms with Crippen LogP contribution in [0.4, 0.5) is 0 Å². The van der Waals surface area contributed by atoms with E-state index in [1.807, 2.05) is 6.92 Å². The van der Waals surface area contributed by atoms with Gasteiger partial charge < -0.3 is 10.1 Å². The Morgan fingerprint density at radius 1 is 1.10 bits per heavy atom. The zero-order valence-corrected chi connectivity index (χ0v) is 12.8. The third kappa shape index (κ3) is 3.39. The van der Waals surface area contributed by atoms with Gasteiger partial charge in [0.05, 0.1) is 18.1 Å². The average molecular weight is 283 g/mol. The molecule has 1 fully saturated rings. The van der Waals surface area contributed by atoms with Gasteiger partial charge in [0.15, 0.2) is 0 Å². The van der Waals surface area contributed by atoms with E-state index in [1.165, 1.54) is 18.4 Å². The Bertz CT molecular complexity index is 633. The maximum atomic E-state index is 5.92. The van der Waals surface area contributed by atoms with Gasteiger partial charge in [-0.2, -0.15) is 0 Å². The lowest BCUT2D eigenvalue weighted by Gasteiger charge is -2.12. The quantitative estimate of drug-likeness (QED) is 0.913. The lowest BCUT2D eigenvalue weighted by atomic mass is 10.1. The minimum Gasteiger partial charge on any atom is -0.437 e. The van der Waals surface area contributed by atoms with Gasteiger partial charge in [-0.3, -0.25) is 4.98 Å². The van der Waals surface area contributed by atoms with Crippen LogP contribution in [0.2, 0.25) is 0 Å². The fourth-order valence-corrected chi connectivity index (χ4v) is 2.21. The van der Waals surface area contributed by atoms with Crippen molar-refractivity contribution in [3.05, 3.63) is 46.9 Å². The summed E-state index contributed by atoms with van der Waals surface area (Å²) in [5.41, 5.74) is 4.43. The molecule has 4 heteroatoms. The summed E-state index contributed by atoms with van der Waals surface area (Å²) >= 11 is 0. The highest BCUT2D eigenvalue weighted by Crippen LogP contribution is 2.29. The Kier molecular flexibility index (Phi) is 3.88. The molecule has 0 atom stereocenters. The van der Waals surface area contributed by atoms with Crippen LogP contribution in [0.3, 0.4) is 0 Å². The number of hydrogen-bond donors (Lipinski definition) is 1. The van der Waals surface area contributed by atoms with Crippen molar-refractivity contribution in [2.24, 2.45) is 0 Å². The molecule has 3 rings (SSSR count). The maximum absolute atomic E-state index is 5.92. The topological polar surface area (TPSA) is 47.0 Å². The molecule has 2 aromatic rings. The molecule has 0 spiro atoms. The van der Waals surface area contributed by atoms with Crippen LogP contribution in [0, 0.1) is 20.8 Å². The minimum absolute atomic E-state index is 0.543. The Morgan fingerprint density at radius 2 is 1.86 bits per heavy atom. The Morgan fingerprint density at radius 3 is 2.52 bits per heavy atom. The van der Waals surface area contributed by atoms with Crippen molar-refractivity contribution in [3.63, 3.8) is 0 Å². The third-order valence-electron chi connectivity index (χ3n) is 3.91. The fourth-order valence-electron chi connectivity index (χ4n) is 2.21. The lowest BCUT2D eigenvalue weighted by molar-refractivity contribution is 0.451. The van der Waals surface area contributed by atoms with E-state index < -0.39 is 0 Å². The third-order valence-corrected chi connectivity index (χ3v) is 3.91. The number of nitrogens with zero attached hydrogens (tertiary/aromatic N) is 2. The van der Waals surface area contributed by atoms with E-state index in [0.717, 1.165) is 29.1 Å². The molecule has 0 amide bonds. The average Bonchev–Trinajstić information content (AvgIpc) is 3.31. The predicted molar refractivity (Wildman–Crippen MR) is 82.6 cm³/mol. The molecule has 4 nitrogen and oxygen atoms in total. The minimum atomic E-state index is 0.543. The van der Waals surface area contributed by atoms with E-state index in [1.54, 1.807) is 12.4 Å². The van der Waals surface area contributed by atoms with E-state index in [-0.39, 0.29) is 0 Å². The normalized spacial score (nSPS) is 14.2. The summed E-state index contributed by atoms with van der Waals surface area (Å²) in [6, 6.07) is 4.86. The zero-order valence-electron chi connectivity index (χ0n) is 12.8. The first-order chi connectivity index (χ1) is 10.1. The van der Waals surface area contributed by atoms with Gasteiger partial charge in [-0.1, -0.05) is 12.1 Å². The summed E-state index contributed by atoms with van der Waals surface area (Å²) in [4.78, 5) is 8.77. The van der Waals surface area contributed by atoms with Gasteiger partial charge in [0.1, 0.15) is 5.75 Å². The van der Waals surface area contributed by atoms with Crippen LogP contribution in [0.1, 0.15) is 35.2 Å². The van der Waals surface area contributed by atoms with Crippen LogP contribution >= 0.6 is 0 Å².